The van der Waals surface area contributed by atoms with Crippen molar-refractivity contribution in [1.82, 2.24) is 15.2 Å². The molecule has 0 aliphatic carbocycles. The smallest absolute Gasteiger partial charge is 0.309 e. The van der Waals surface area contributed by atoms with Gasteiger partial charge in [0.2, 0.25) is 17.7 Å². The third-order valence-electron chi connectivity index (χ3n) is 7.28. The van der Waals surface area contributed by atoms with Crippen molar-refractivity contribution < 1.29 is 24.3 Å². The Morgan fingerprint density at radius 2 is 1.78 bits per heavy atom. The molecule has 32 heavy (non-hydrogen) atoms. The second-order valence-electron chi connectivity index (χ2n) is 9.41. The highest BCUT2D eigenvalue weighted by molar-refractivity contribution is 6.00. The molecule has 0 saturated carbocycles. The summed E-state index contributed by atoms with van der Waals surface area (Å²) in [6, 6.07) is 3.80. The zero-order chi connectivity index (χ0) is 22.9. The van der Waals surface area contributed by atoms with Crippen LogP contribution in [0, 0.1) is 11.3 Å². The number of nitrogens with one attached hydrogen (secondary N) is 1. The second kappa shape index (κ2) is 8.88. The van der Waals surface area contributed by atoms with Gasteiger partial charge in [0.05, 0.1) is 11.3 Å². The number of anilines is 1. The van der Waals surface area contributed by atoms with Crippen LogP contribution in [0.3, 0.4) is 0 Å². The van der Waals surface area contributed by atoms with Gasteiger partial charge in [0, 0.05) is 44.7 Å². The van der Waals surface area contributed by atoms with Crippen LogP contribution >= 0.6 is 0 Å². The molecule has 0 aromatic carbocycles. The van der Waals surface area contributed by atoms with Gasteiger partial charge in [-0.25, -0.2) is 4.98 Å². The fraction of sp³-hybridized carbons (Fsp3) is 0.609. The van der Waals surface area contributed by atoms with Gasteiger partial charge in [-0.1, -0.05) is 6.07 Å². The van der Waals surface area contributed by atoms with Gasteiger partial charge >= 0.3 is 5.97 Å². The van der Waals surface area contributed by atoms with Gasteiger partial charge in [-0.2, -0.15) is 0 Å². The number of imide groups is 1. The fourth-order valence-electron chi connectivity index (χ4n) is 4.85. The molecule has 1 aromatic rings. The third-order valence-corrected chi connectivity index (χ3v) is 7.28. The van der Waals surface area contributed by atoms with Crippen LogP contribution in [0.25, 0.3) is 0 Å². The van der Waals surface area contributed by atoms with Crippen LogP contribution in [-0.4, -0.2) is 64.9 Å². The predicted molar refractivity (Wildman–Crippen MR) is 116 cm³/mol. The van der Waals surface area contributed by atoms with Crippen LogP contribution < -0.4 is 10.2 Å². The molecular weight excluding hydrogens is 412 g/mol. The highest BCUT2D eigenvalue weighted by Crippen LogP contribution is 2.33. The van der Waals surface area contributed by atoms with Crippen LogP contribution in [0.1, 0.15) is 56.9 Å². The van der Waals surface area contributed by atoms with Crippen molar-refractivity contribution in [3.8, 4) is 0 Å². The Balaban J connectivity index is 1.29. The maximum absolute atomic E-state index is 12.9. The average Bonchev–Trinajstić information content (AvgIpc) is 2.79. The van der Waals surface area contributed by atoms with Crippen molar-refractivity contribution in [1.29, 1.82) is 0 Å². The van der Waals surface area contributed by atoms with E-state index in [0.717, 1.165) is 37.3 Å². The second-order valence-corrected chi connectivity index (χ2v) is 9.41. The molecule has 3 aliphatic heterocycles. The minimum atomic E-state index is -0.783. The van der Waals surface area contributed by atoms with Gasteiger partial charge in [0.1, 0.15) is 5.82 Å². The molecule has 4 heterocycles. The standard InChI is InChI=1S/C23H30N4O5/c1-23(22(31)32)8-12-27(13-9-23)21(30)15-6-10-26(11-7-15)18-4-2-16(14-24-18)17-3-5-19(28)25-20(17)29/h2,4,14-15,17H,3,5-13H2,1H3,(H,31,32)(H,25,28,29)/t17-/m1/s1. The molecule has 0 spiro atoms. The van der Waals surface area contributed by atoms with Crippen molar-refractivity contribution in [3.63, 3.8) is 0 Å². The van der Waals surface area contributed by atoms with Gasteiger partial charge in [-0.05, 0) is 50.7 Å². The zero-order valence-electron chi connectivity index (χ0n) is 18.4. The summed E-state index contributed by atoms with van der Waals surface area (Å²) in [7, 11) is 0. The number of carboxylic acids is 1. The molecule has 0 bridgehead atoms. The third kappa shape index (κ3) is 4.47. The Morgan fingerprint density at radius 1 is 1.09 bits per heavy atom. The molecular formula is C23H30N4O5. The van der Waals surface area contributed by atoms with Gasteiger partial charge in [0.25, 0.3) is 0 Å². The highest BCUT2D eigenvalue weighted by Gasteiger charge is 2.39. The lowest BCUT2D eigenvalue weighted by atomic mass is 9.80. The van der Waals surface area contributed by atoms with Crippen LogP contribution in [-0.2, 0) is 19.2 Å². The van der Waals surface area contributed by atoms with Gasteiger partial charge < -0.3 is 14.9 Å². The summed E-state index contributed by atoms with van der Waals surface area (Å²) < 4.78 is 0. The molecule has 9 heteroatoms. The summed E-state index contributed by atoms with van der Waals surface area (Å²) >= 11 is 0. The number of carbonyl (C=O) groups is 4. The van der Waals surface area contributed by atoms with Crippen molar-refractivity contribution in [2.45, 2.75) is 51.4 Å². The number of pyridine rings is 1. The van der Waals surface area contributed by atoms with Crippen LogP contribution in [0.5, 0.6) is 0 Å². The molecule has 3 saturated heterocycles. The molecule has 0 unspecified atom stereocenters. The lowest BCUT2D eigenvalue weighted by molar-refractivity contribution is -0.154. The lowest BCUT2D eigenvalue weighted by Crippen LogP contribution is -2.48. The van der Waals surface area contributed by atoms with Crippen LogP contribution in [0.15, 0.2) is 18.3 Å². The fourth-order valence-corrected chi connectivity index (χ4v) is 4.85. The number of rotatable bonds is 4. The molecule has 2 N–H and O–H groups in total. The van der Waals surface area contributed by atoms with E-state index in [1.54, 1.807) is 13.1 Å². The first kappa shape index (κ1) is 22.2. The number of carbonyl (C=O) groups excluding carboxylic acids is 3. The number of hydrogen-bond acceptors (Lipinski definition) is 6. The molecule has 3 fully saturated rings. The highest BCUT2D eigenvalue weighted by atomic mass is 16.4. The van der Waals surface area contributed by atoms with E-state index in [4.69, 9.17) is 0 Å². The molecule has 1 aromatic heterocycles. The summed E-state index contributed by atoms with van der Waals surface area (Å²) in [5.41, 5.74) is 0.0773. The number of carboxylic acid groups (broad SMARTS) is 1. The summed E-state index contributed by atoms with van der Waals surface area (Å²) in [6.07, 6.45) is 5.02. The van der Waals surface area contributed by atoms with E-state index in [2.05, 4.69) is 15.2 Å². The monoisotopic (exact) mass is 442 g/mol. The van der Waals surface area contributed by atoms with Crippen molar-refractivity contribution in [2.75, 3.05) is 31.1 Å². The maximum atomic E-state index is 12.9. The van der Waals surface area contributed by atoms with Crippen molar-refractivity contribution in [3.05, 3.63) is 23.9 Å². The zero-order valence-corrected chi connectivity index (χ0v) is 18.4. The number of amides is 3. The Bertz CT molecular complexity index is 899. The molecule has 3 aliphatic rings. The van der Waals surface area contributed by atoms with E-state index in [1.807, 2.05) is 17.0 Å². The van der Waals surface area contributed by atoms with Crippen LogP contribution in [0.2, 0.25) is 0 Å². The summed E-state index contributed by atoms with van der Waals surface area (Å²) in [5.74, 6) is -0.701. The SMILES string of the molecule is CC1(C(=O)O)CCN(C(=O)C2CCN(c3ccc([C@H]4CCC(=O)NC4=O)cn3)CC2)CC1. The number of piperidine rings is 3. The predicted octanol–water partition coefficient (Wildman–Crippen LogP) is 1.53. The minimum Gasteiger partial charge on any atom is -0.481 e. The lowest BCUT2D eigenvalue weighted by Gasteiger charge is -2.39. The topological polar surface area (TPSA) is 120 Å². The summed E-state index contributed by atoms with van der Waals surface area (Å²) in [4.78, 5) is 56.3. The van der Waals surface area contributed by atoms with Crippen LogP contribution in [0.4, 0.5) is 5.82 Å². The molecule has 0 radical (unpaired) electrons. The average molecular weight is 443 g/mol. The van der Waals surface area contributed by atoms with E-state index < -0.39 is 11.4 Å². The molecule has 1 atom stereocenters. The van der Waals surface area contributed by atoms with E-state index in [1.165, 1.54) is 0 Å². The molecule has 4 rings (SSSR count). The van der Waals surface area contributed by atoms with E-state index >= 15 is 0 Å². The van der Waals surface area contributed by atoms with E-state index in [-0.39, 0.29) is 29.6 Å². The normalized spacial score (nSPS) is 24.2. The van der Waals surface area contributed by atoms with Gasteiger partial charge in [-0.3, -0.25) is 24.5 Å². The Labute approximate surface area is 187 Å². The first-order valence-electron chi connectivity index (χ1n) is 11.3. The molecule has 172 valence electrons. The van der Waals surface area contributed by atoms with Crippen molar-refractivity contribution >= 4 is 29.5 Å². The quantitative estimate of drug-likeness (QED) is 0.679. The first-order chi connectivity index (χ1) is 15.3. The summed E-state index contributed by atoms with van der Waals surface area (Å²) in [6.45, 7) is 4.22. The van der Waals surface area contributed by atoms with Gasteiger partial charge in [-0.15, -0.1) is 0 Å². The Kier molecular flexibility index (Phi) is 6.17. The Hall–Kier alpha value is -2.97. The summed E-state index contributed by atoms with van der Waals surface area (Å²) in [5, 5.41) is 11.8. The first-order valence-corrected chi connectivity index (χ1v) is 11.3. The minimum absolute atomic E-state index is 0.0387. The maximum Gasteiger partial charge on any atom is 0.309 e. The number of likely N-dealkylation sites (tertiary alicyclic amines) is 1. The molecule has 3 amide bonds. The number of nitrogens with zero attached hydrogens (tertiary/aromatic N) is 3. The van der Waals surface area contributed by atoms with Gasteiger partial charge in [0.15, 0.2) is 0 Å². The number of hydrogen-bond donors (Lipinski definition) is 2. The largest absolute Gasteiger partial charge is 0.481 e. The number of aromatic nitrogens is 1. The molecule has 9 nitrogen and oxygen atoms in total. The van der Waals surface area contributed by atoms with Crippen molar-refractivity contribution in [2.24, 2.45) is 11.3 Å². The van der Waals surface area contributed by atoms with E-state index in [9.17, 15) is 24.3 Å². The van der Waals surface area contributed by atoms with E-state index in [0.29, 0.717) is 38.8 Å². The Morgan fingerprint density at radius 3 is 2.34 bits per heavy atom. The number of aliphatic carboxylic acids is 1.